The number of hydrogen-bond acceptors (Lipinski definition) is 5. The Morgan fingerprint density at radius 2 is 1.89 bits per heavy atom. The highest BCUT2D eigenvalue weighted by Crippen LogP contribution is 2.15. The summed E-state index contributed by atoms with van der Waals surface area (Å²) >= 11 is 0. The van der Waals surface area contributed by atoms with Crippen molar-refractivity contribution in [2.75, 3.05) is 39.9 Å². The molecule has 1 aromatic rings. The first-order chi connectivity index (χ1) is 12.6. The molecule has 2 N–H and O–H groups in total. The van der Waals surface area contributed by atoms with E-state index in [0.29, 0.717) is 6.54 Å². The summed E-state index contributed by atoms with van der Waals surface area (Å²) in [5, 5.41) is 15.6. The molecule has 1 fully saturated rings. The maximum absolute atomic E-state index is 5.46. The van der Waals surface area contributed by atoms with Gasteiger partial charge in [-0.25, -0.2) is 0 Å². The molecule has 27 heavy (non-hydrogen) atoms. The predicted molar refractivity (Wildman–Crippen MR) is 118 cm³/mol. The van der Waals surface area contributed by atoms with Gasteiger partial charge >= 0.3 is 0 Å². The predicted octanol–water partition coefficient (Wildman–Crippen LogP) is 1.40. The molecular weight excluding hydrogens is 457 g/mol. The van der Waals surface area contributed by atoms with Crippen LogP contribution < -0.4 is 10.6 Å². The molecule has 154 valence electrons. The van der Waals surface area contributed by atoms with E-state index in [4.69, 9.17) is 4.74 Å². The van der Waals surface area contributed by atoms with Crippen LogP contribution in [0.5, 0.6) is 0 Å². The smallest absolute Gasteiger partial charge is 0.191 e. The fourth-order valence-electron chi connectivity index (χ4n) is 3.64. The van der Waals surface area contributed by atoms with Crippen molar-refractivity contribution in [3.8, 4) is 0 Å². The molecular formula is C18H34IN7O. The van der Waals surface area contributed by atoms with Gasteiger partial charge in [0.2, 0.25) is 0 Å². The van der Waals surface area contributed by atoms with Gasteiger partial charge in [0.05, 0.1) is 19.8 Å². The van der Waals surface area contributed by atoms with Crippen LogP contribution in [0.2, 0.25) is 0 Å². The van der Waals surface area contributed by atoms with Gasteiger partial charge in [0.1, 0.15) is 5.82 Å². The molecule has 8 nitrogen and oxygen atoms in total. The summed E-state index contributed by atoms with van der Waals surface area (Å²) in [6, 6.07) is 0. The van der Waals surface area contributed by atoms with Crippen molar-refractivity contribution in [1.29, 1.82) is 0 Å². The number of rotatable bonds is 5. The molecule has 3 heterocycles. The average Bonchev–Trinajstić information content (AvgIpc) is 2.89. The number of halogens is 1. The number of hydrogen-bond donors (Lipinski definition) is 2. The molecule has 0 aromatic carbocycles. The number of guanidine groups is 1. The number of aromatic nitrogens is 3. The summed E-state index contributed by atoms with van der Waals surface area (Å²) in [5.74, 6) is 2.92. The van der Waals surface area contributed by atoms with E-state index in [2.05, 4.69) is 49.1 Å². The van der Waals surface area contributed by atoms with E-state index in [9.17, 15) is 0 Å². The molecule has 2 aliphatic heterocycles. The lowest BCUT2D eigenvalue weighted by atomic mass is 10.0. The van der Waals surface area contributed by atoms with Gasteiger partial charge in [-0.2, -0.15) is 0 Å². The van der Waals surface area contributed by atoms with Gasteiger partial charge in [0.25, 0.3) is 0 Å². The average molecular weight is 491 g/mol. The van der Waals surface area contributed by atoms with E-state index in [0.717, 1.165) is 63.4 Å². The Kier molecular flexibility index (Phi) is 8.74. The second-order valence-corrected chi connectivity index (χ2v) is 7.69. The highest BCUT2D eigenvalue weighted by Gasteiger charge is 2.28. The minimum absolute atomic E-state index is 0. The van der Waals surface area contributed by atoms with Crippen molar-refractivity contribution in [3.63, 3.8) is 0 Å². The number of nitrogens with one attached hydrogen (secondary N) is 2. The molecule has 0 radical (unpaired) electrons. The summed E-state index contributed by atoms with van der Waals surface area (Å²) < 4.78 is 7.73. The van der Waals surface area contributed by atoms with Gasteiger partial charge in [-0.15, -0.1) is 34.2 Å². The molecule has 0 saturated carbocycles. The van der Waals surface area contributed by atoms with Gasteiger partial charge in [-0.3, -0.25) is 9.89 Å². The molecule has 2 aliphatic rings. The fraction of sp³-hybridized carbons (Fsp3) is 0.833. The van der Waals surface area contributed by atoms with E-state index < -0.39 is 0 Å². The largest absolute Gasteiger partial charge is 0.379 e. The topological polar surface area (TPSA) is 79.6 Å². The normalized spacial score (nSPS) is 19.0. The number of morpholine rings is 1. The van der Waals surface area contributed by atoms with Crippen molar-refractivity contribution in [2.24, 2.45) is 4.99 Å². The van der Waals surface area contributed by atoms with Gasteiger partial charge in [-0.05, 0) is 26.7 Å². The molecule has 0 atom stereocenters. The molecule has 3 rings (SSSR count). The molecule has 0 bridgehead atoms. The van der Waals surface area contributed by atoms with Gasteiger partial charge in [-0.1, -0.05) is 6.42 Å². The van der Waals surface area contributed by atoms with E-state index in [1.54, 1.807) is 7.05 Å². The zero-order valence-corrected chi connectivity index (χ0v) is 19.2. The molecule has 0 aliphatic carbocycles. The van der Waals surface area contributed by atoms with E-state index in [1.807, 2.05) is 0 Å². The third-order valence-electron chi connectivity index (χ3n) is 5.38. The van der Waals surface area contributed by atoms with Gasteiger partial charge in [0, 0.05) is 45.2 Å². The van der Waals surface area contributed by atoms with Crippen molar-refractivity contribution in [3.05, 3.63) is 11.6 Å². The summed E-state index contributed by atoms with van der Waals surface area (Å²) in [7, 11) is 1.81. The van der Waals surface area contributed by atoms with Crippen LogP contribution in [0.25, 0.3) is 0 Å². The number of aryl methyl sites for hydroxylation is 1. The van der Waals surface area contributed by atoms with Crippen LogP contribution in [-0.2, 0) is 24.2 Å². The zero-order chi connectivity index (χ0) is 18.4. The van der Waals surface area contributed by atoms with E-state index in [1.165, 1.54) is 19.3 Å². The minimum Gasteiger partial charge on any atom is -0.379 e. The lowest BCUT2D eigenvalue weighted by Crippen LogP contribution is -2.56. The van der Waals surface area contributed by atoms with Crippen LogP contribution in [-0.4, -0.2) is 71.1 Å². The maximum Gasteiger partial charge on any atom is 0.191 e. The summed E-state index contributed by atoms with van der Waals surface area (Å²) in [6.07, 6.45) is 4.73. The van der Waals surface area contributed by atoms with Crippen molar-refractivity contribution in [1.82, 2.24) is 30.3 Å². The quantitative estimate of drug-likeness (QED) is 0.369. The first kappa shape index (κ1) is 22.4. The first-order valence-electron chi connectivity index (χ1n) is 9.78. The molecule has 9 heteroatoms. The molecule has 0 unspecified atom stereocenters. The third-order valence-corrected chi connectivity index (χ3v) is 5.38. The Hall–Kier alpha value is -0.940. The van der Waals surface area contributed by atoms with Crippen molar-refractivity contribution in [2.45, 2.75) is 58.2 Å². The van der Waals surface area contributed by atoms with Crippen LogP contribution in [0.4, 0.5) is 0 Å². The third kappa shape index (κ3) is 6.02. The van der Waals surface area contributed by atoms with Crippen LogP contribution >= 0.6 is 24.0 Å². The van der Waals surface area contributed by atoms with Crippen LogP contribution in [0.15, 0.2) is 4.99 Å². The highest BCUT2D eigenvalue weighted by molar-refractivity contribution is 14.0. The Morgan fingerprint density at radius 1 is 1.11 bits per heavy atom. The first-order valence-corrected chi connectivity index (χ1v) is 9.78. The van der Waals surface area contributed by atoms with Crippen molar-refractivity contribution < 1.29 is 4.74 Å². The van der Waals surface area contributed by atoms with Crippen LogP contribution in [0.1, 0.15) is 44.8 Å². The number of nitrogens with zero attached hydrogens (tertiary/aromatic N) is 5. The van der Waals surface area contributed by atoms with Crippen molar-refractivity contribution >= 4 is 29.9 Å². The van der Waals surface area contributed by atoms with E-state index >= 15 is 0 Å². The standard InChI is InChI=1S/C18H33N7O.HI/c1-18(2,24-9-11-26-12-10-24)14-21-17(19-3)20-13-16-23-22-15-7-5-4-6-8-25(15)16;/h4-14H2,1-3H3,(H2,19,20,21);1H. The minimum atomic E-state index is 0. The molecule has 1 aromatic heterocycles. The SMILES string of the molecule is CN=C(NCc1nnc2n1CCCCC2)NCC(C)(C)N1CCOCC1.I. The lowest BCUT2D eigenvalue weighted by molar-refractivity contribution is -0.00834. The summed E-state index contributed by atoms with van der Waals surface area (Å²) in [5.41, 5.74) is 0.0490. The Morgan fingerprint density at radius 3 is 2.63 bits per heavy atom. The van der Waals surface area contributed by atoms with Gasteiger partial charge < -0.3 is 19.9 Å². The zero-order valence-electron chi connectivity index (χ0n) is 16.8. The van der Waals surface area contributed by atoms with Crippen LogP contribution in [0.3, 0.4) is 0 Å². The number of ether oxygens (including phenoxy) is 1. The lowest BCUT2D eigenvalue weighted by Gasteiger charge is -2.41. The molecule has 0 amide bonds. The maximum atomic E-state index is 5.46. The second kappa shape index (κ2) is 10.6. The fourth-order valence-corrected chi connectivity index (χ4v) is 3.64. The Bertz CT molecular complexity index is 611. The number of aliphatic imine (C=N–C) groups is 1. The van der Waals surface area contributed by atoms with Crippen LogP contribution in [0, 0.1) is 0 Å². The Labute approximate surface area is 179 Å². The summed E-state index contributed by atoms with van der Waals surface area (Å²) in [4.78, 5) is 6.83. The highest BCUT2D eigenvalue weighted by atomic mass is 127. The number of fused-ring (bicyclic) bond motifs is 1. The van der Waals surface area contributed by atoms with Gasteiger partial charge in [0.15, 0.2) is 11.8 Å². The Balaban J connectivity index is 0.00000261. The summed E-state index contributed by atoms with van der Waals surface area (Å²) in [6.45, 7) is 10.6. The second-order valence-electron chi connectivity index (χ2n) is 7.69. The molecule has 1 saturated heterocycles. The van der Waals surface area contributed by atoms with E-state index in [-0.39, 0.29) is 29.5 Å². The monoisotopic (exact) mass is 491 g/mol. The molecule has 0 spiro atoms.